The summed E-state index contributed by atoms with van der Waals surface area (Å²) >= 11 is 12.0. The predicted molar refractivity (Wildman–Crippen MR) is 106 cm³/mol. The summed E-state index contributed by atoms with van der Waals surface area (Å²) in [6.45, 7) is 2.22. The second kappa shape index (κ2) is 9.23. The van der Waals surface area contributed by atoms with Crippen LogP contribution in [-0.4, -0.2) is 27.5 Å². The Labute approximate surface area is 163 Å². The van der Waals surface area contributed by atoms with E-state index in [1.54, 1.807) is 30.3 Å². The molecule has 4 N–H and O–H groups in total. The van der Waals surface area contributed by atoms with Gasteiger partial charge in [0, 0.05) is 16.6 Å². The van der Waals surface area contributed by atoms with Gasteiger partial charge in [0.05, 0.1) is 17.5 Å². The van der Waals surface area contributed by atoms with Crippen LogP contribution >= 0.6 is 23.2 Å². The minimum absolute atomic E-state index is 0.135. The number of aliphatic imine (C=N–C) groups is 1. The first-order valence-electron chi connectivity index (χ1n) is 7.86. The molecule has 140 valence electrons. The smallest absolute Gasteiger partial charge is 0.240 e. The Hall–Kier alpha value is -1.80. The number of benzene rings is 2. The average Bonchev–Trinajstić information content (AvgIpc) is 2.59. The summed E-state index contributed by atoms with van der Waals surface area (Å²) in [5.74, 6) is 0.197. The molecule has 26 heavy (non-hydrogen) atoms. The maximum Gasteiger partial charge on any atom is 0.240 e. The first kappa shape index (κ1) is 20.5. The average molecular weight is 415 g/mol. The fourth-order valence-corrected chi connectivity index (χ4v) is 3.85. The van der Waals surface area contributed by atoms with E-state index in [-0.39, 0.29) is 30.0 Å². The zero-order valence-corrected chi connectivity index (χ0v) is 16.4. The molecular weight excluding hydrogens is 395 g/mol. The standard InChI is InChI=1S/C17H20Cl2N4O2S/c1-12(15-8-7-13(18)11-16(15)19)23-17(20)21-9-10-22-26(24,25)14-5-3-2-4-6-14/h2-8,11-12,22H,9-10H2,1H3,(H3,20,21,23). The number of hydrogen-bond donors (Lipinski definition) is 3. The summed E-state index contributed by atoms with van der Waals surface area (Å²) in [5.41, 5.74) is 6.68. The number of nitrogens with zero attached hydrogens (tertiary/aromatic N) is 1. The van der Waals surface area contributed by atoms with Gasteiger partial charge < -0.3 is 11.1 Å². The van der Waals surface area contributed by atoms with Crippen molar-refractivity contribution in [2.75, 3.05) is 13.1 Å². The Morgan fingerprint density at radius 2 is 1.88 bits per heavy atom. The molecule has 0 aliphatic carbocycles. The van der Waals surface area contributed by atoms with Crippen molar-refractivity contribution in [3.05, 3.63) is 64.1 Å². The van der Waals surface area contributed by atoms with Crippen LogP contribution in [0.1, 0.15) is 18.5 Å². The Bertz CT molecular complexity index is 874. The normalized spacial score (nSPS) is 13.4. The molecule has 0 spiro atoms. The third kappa shape index (κ3) is 5.88. The molecular formula is C17H20Cl2N4O2S. The van der Waals surface area contributed by atoms with Crippen molar-refractivity contribution in [3.63, 3.8) is 0 Å². The van der Waals surface area contributed by atoms with Crippen molar-refractivity contribution < 1.29 is 8.42 Å². The molecule has 0 aromatic heterocycles. The van der Waals surface area contributed by atoms with Gasteiger partial charge in [-0.2, -0.15) is 0 Å². The van der Waals surface area contributed by atoms with E-state index in [0.717, 1.165) is 5.56 Å². The molecule has 2 rings (SSSR count). The van der Waals surface area contributed by atoms with Crippen molar-refractivity contribution in [1.82, 2.24) is 10.0 Å². The lowest BCUT2D eigenvalue weighted by Gasteiger charge is -2.16. The van der Waals surface area contributed by atoms with Gasteiger partial charge in [0.1, 0.15) is 0 Å². The first-order valence-corrected chi connectivity index (χ1v) is 10.1. The molecule has 0 amide bonds. The zero-order valence-electron chi connectivity index (χ0n) is 14.1. The van der Waals surface area contributed by atoms with Crippen LogP contribution in [0.25, 0.3) is 0 Å². The van der Waals surface area contributed by atoms with Crippen LogP contribution in [0.2, 0.25) is 10.0 Å². The highest BCUT2D eigenvalue weighted by molar-refractivity contribution is 7.89. The molecule has 2 aromatic carbocycles. The van der Waals surface area contributed by atoms with Crippen LogP contribution < -0.4 is 15.8 Å². The van der Waals surface area contributed by atoms with Gasteiger partial charge in [0.25, 0.3) is 0 Å². The highest BCUT2D eigenvalue weighted by atomic mass is 35.5. The summed E-state index contributed by atoms with van der Waals surface area (Å²) in [6, 6.07) is 13.2. The molecule has 0 aliphatic rings. The van der Waals surface area contributed by atoms with Crippen LogP contribution in [0.3, 0.4) is 0 Å². The van der Waals surface area contributed by atoms with E-state index in [1.807, 2.05) is 13.0 Å². The van der Waals surface area contributed by atoms with E-state index in [2.05, 4.69) is 15.0 Å². The lowest BCUT2D eigenvalue weighted by Crippen LogP contribution is -2.35. The first-order chi connectivity index (χ1) is 12.3. The number of nitrogens with one attached hydrogen (secondary N) is 2. The van der Waals surface area contributed by atoms with E-state index in [1.165, 1.54) is 12.1 Å². The van der Waals surface area contributed by atoms with E-state index in [9.17, 15) is 8.42 Å². The quantitative estimate of drug-likeness (QED) is 0.368. The van der Waals surface area contributed by atoms with Crippen molar-refractivity contribution >= 4 is 39.2 Å². The monoisotopic (exact) mass is 414 g/mol. The molecule has 6 nitrogen and oxygen atoms in total. The Morgan fingerprint density at radius 1 is 1.19 bits per heavy atom. The van der Waals surface area contributed by atoms with Gasteiger partial charge in [-0.05, 0) is 36.8 Å². The Balaban J connectivity index is 1.86. The lowest BCUT2D eigenvalue weighted by atomic mass is 10.1. The van der Waals surface area contributed by atoms with Gasteiger partial charge in [0.2, 0.25) is 10.0 Å². The molecule has 0 radical (unpaired) electrons. The maximum atomic E-state index is 12.1. The molecule has 0 bridgehead atoms. The largest absolute Gasteiger partial charge is 0.370 e. The second-order valence-corrected chi connectivity index (χ2v) is 8.12. The number of guanidine groups is 1. The van der Waals surface area contributed by atoms with Crippen molar-refractivity contribution in [2.45, 2.75) is 17.9 Å². The van der Waals surface area contributed by atoms with Crippen molar-refractivity contribution in [2.24, 2.45) is 10.7 Å². The summed E-state index contributed by atoms with van der Waals surface area (Å²) < 4.78 is 26.6. The van der Waals surface area contributed by atoms with Gasteiger partial charge in [-0.15, -0.1) is 0 Å². The third-order valence-corrected chi connectivity index (χ3v) is 5.57. The fraction of sp³-hybridized carbons (Fsp3) is 0.235. The molecule has 0 saturated carbocycles. The second-order valence-electron chi connectivity index (χ2n) is 5.51. The van der Waals surface area contributed by atoms with Crippen LogP contribution in [-0.2, 0) is 10.0 Å². The highest BCUT2D eigenvalue weighted by Gasteiger charge is 2.12. The number of rotatable bonds is 7. The molecule has 1 atom stereocenters. The van der Waals surface area contributed by atoms with Gasteiger partial charge in [-0.1, -0.05) is 47.5 Å². The Morgan fingerprint density at radius 3 is 2.54 bits per heavy atom. The number of halogens is 2. The fourth-order valence-electron chi connectivity index (χ4n) is 2.24. The summed E-state index contributed by atoms with van der Waals surface area (Å²) in [5, 5.41) is 4.09. The summed E-state index contributed by atoms with van der Waals surface area (Å²) in [6.07, 6.45) is 0. The summed E-state index contributed by atoms with van der Waals surface area (Å²) in [7, 11) is -3.54. The number of nitrogens with two attached hydrogens (primary N) is 1. The van der Waals surface area contributed by atoms with Crippen molar-refractivity contribution in [3.8, 4) is 0 Å². The minimum atomic E-state index is -3.54. The van der Waals surface area contributed by atoms with Gasteiger partial charge in [-0.3, -0.25) is 4.99 Å². The van der Waals surface area contributed by atoms with E-state index < -0.39 is 10.0 Å². The number of hydrogen-bond acceptors (Lipinski definition) is 3. The predicted octanol–water partition coefficient (Wildman–Crippen LogP) is 2.94. The van der Waals surface area contributed by atoms with Gasteiger partial charge in [0.15, 0.2) is 5.96 Å². The maximum absolute atomic E-state index is 12.1. The Kier molecular flexibility index (Phi) is 7.28. The van der Waals surface area contributed by atoms with Crippen LogP contribution in [0, 0.1) is 0 Å². The van der Waals surface area contributed by atoms with Crippen LogP contribution in [0.5, 0.6) is 0 Å². The molecule has 2 aromatic rings. The highest BCUT2D eigenvalue weighted by Crippen LogP contribution is 2.25. The summed E-state index contributed by atoms with van der Waals surface area (Å²) in [4.78, 5) is 4.33. The van der Waals surface area contributed by atoms with E-state index in [4.69, 9.17) is 28.9 Å². The van der Waals surface area contributed by atoms with Crippen molar-refractivity contribution in [1.29, 1.82) is 0 Å². The topological polar surface area (TPSA) is 96.6 Å². The SMILES string of the molecule is CC(NC(N)=NCCNS(=O)(=O)c1ccccc1)c1ccc(Cl)cc1Cl. The molecule has 0 aliphatic heterocycles. The van der Waals surface area contributed by atoms with Gasteiger partial charge in [-0.25, -0.2) is 13.1 Å². The molecule has 0 heterocycles. The van der Waals surface area contributed by atoms with Gasteiger partial charge >= 0.3 is 0 Å². The lowest BCUT2D eigenvalue weighted by molar-refractivity contribution is 0.582. The third-order valence-electron chi connectivity index (χ3n) is 3.53. The van der Waals surface area contributed by atoms with Crippen LogP contribution in [0.15, 0.2) is 58.4 Å². The molecule has 1 unspecified atom stereocenters. The van der Waals surface area contributed by atoms with E-state index in [0.29, 0.717) is 10.0 Å². The molecule has 0 saturated heterocycles. The zero-order chi connectivity index (χ0) is 19.2. The van der Waals surface area contributed by atoms with Crippen LogP contribution in [0.4, 0.5) is 0 Å². The minimum Gasteiger partial charge on any atom is -0.370 e. The number of sulfonamides is 1. The molecule has 9 heteroatoms. The molecule has 0 fully saturated rings. The van der Waals surface area contributed by atoms with E-state index >= 15 is 0 Å².